The monoisotopic (exact) mass is 419 g/mol. The Labute approximate surface area is 170 Å². The number of nitro groups is 1. The first-order valence-corrected chi connectivity index (χ1v) is 10.8. The van der Waals surface area contributed by atoms with E-state index in [2.05, 4.69) is 5.32 Å². The van der Waals surface area contributed by atoms with Gasteiger partial charge in [0, 0.05) is 17.8 Å². The Morgan fingerprint density at radius 2 is 1.62 bits per heavy atom. The number of nitrogens with one attached hydrogen (secondary N) is 1. The van der Waals surface area contributed by atoms with Crippen molar-refractivity contribution < 1.29 is 18.1 Å². The van der Waals surface area contributed by atoms with E-state index >= 15 is 0 Å². The number of nitro benzene ring substituents is 1. The van der Waals surface area contributed by atoms with E-state index in [0.29, 0.717) is 11.3 Å². The quantitative estimate of drug-likeness (QED) is 0.568. The lowest BCUT2D eigenvalue weighted by Gasteiger charge is -2.29. The molecule has 29 heavy (non-hydrogen) atoms. The molecule has 1 amide bonds. The Balaban J connectivity index is 2.48. The number of aryl methyl sites for hydroxylation is 4. The van der Waals surface area contributed by atoms with Gasteiger partial charge in [-0.05, 0) is 51.3 Å². The molecule has 0 fully saturated rings. The topological polar surface area (TPSA) is 110 Å². The molecule has 156 valence electrons. The predicted octanol–water partition coefficient (Wildman–Crippen LogP) is 3.62. The summed E-state index contributed by atoms with van der Waals surface area (Å²) in [5.41, 5.74) is 3.75. The summed E-state index contributed by atoms with van der Waals surface area (Å²) >= 11 is 0. The predicted molar refractivity (Wildman–Crippen MR) is 114 cm³/mol. The van der Waals surface area contributed by atoms with Crippen molar-refractivity contribution in [3.05, 3.63) is 62.7 Å². The number of nitrogens with zero attached hydrogens (tertiary/aromatic N) is 2. The minimum Gasteiger partial charge on any atom is -0.324 e. The van der Waals surface area contributed by atoms with Crippen LogP contribution in [-0.4, -0.2) is 31.5 Å². The van der Waals surface area contributed by atoms with Crippen molar-refractivity contribution in [2.24, 2.45) is 0 Å². The maximum absolute atomic E-state index is 12.9. The van der Waals surface area contributed by atoms with Gasteiger partial charge < -0.3 is 5.32 Å². The van der Waals surface area contributed by atoms with Gasteiger partial charge in [-0.15, -0.1) is 0 Å². The van der Waals surface area contributed by atoms with Crippen LogP contribution >= 0.6 is 0 Å². The van der Waals surface area contributed by atoms with E-state index in [1.807, 2.05) is 32.9 Å². The number of anilines is 2. The molecular weight excluding hydrogens is 394 g/mol. The molecule has 0 aliphatic carbocycles. The second-order valence-electron chi connectivity index (χ2n) is 7.23. The Morgan fingerprint density at radius 1 is 1.07 bits per heavy atom. The van der Waals surface area contributed by atoms with Crippen LogP contribution in [0.5, 0.6) is 0 Å². The largest absolute Gasteiger partial charge is 0.324 e. The number of hydrogen-bond donors (Lipinski definition) is 1. The lowest BCUT2D eigenvalue weighted by Crippen LogP contribution is -2.45. The van der Waals surface area contributed by atoms with E-state index in [1.54, 1.807) is 6.92 Å². The van der Waals surface area contributed by atoms with E-state index in [4.69, 9.17) is 0 Å². The zero-order valence-electron chi connectivity index (χ0n) is 17.3. The summed E-state index contributed by atoms with van der Waals surface area (Å²) in [6, 6.07) is 6.65. The molecule has 0 radical (unpaired) electrons. The maximum atomic E-state index is 12.9. The molecule has 0 aromatic heterocycles. The van der Waals surface area contributed by atoms with Crippen molar-refractivity contribution in [1.29, 1.82) is 0 Å². The molecule has 0 heterocycles. The van der Waals surface area contributed by atoms with Gasteiger partial charge in [0.2, 0.25) is 15.9 Å². The lowest BCUT2D eigenvalue weighted by atomic mass is 10.0. The molecule has 0 bridgehead atoms. The Kier molecular flexibility index (Phi) is 6.32. The van der Waals surface area contributed by atoms with Crippen LogP contribution in [0.25, 0.3) is 0 Å². The summed E-state index contributed by atoms with van der Waals surface area (Å²) in [6.07, 6.45) is 0.970. The number of hydrogen-bond acceptors (Lipinski definition) is 5. The second kappa shape index (κ2) is 8.20. The number of sulfonamides is 1. The molecule has 2 aromatic carbocycles. The van der Waals surface area contributed by atoms with Gasteiger partial charge >= 0.3 is 0 Å². The highest BCUT2D eigenvalue weighted by atomic mass is 32.2. The lowest BCUT2D eigenvalue weighted by molar-refractivity contribution is -0.384. The number of non-ortho nitro benzene ring substituents is 1. The average molecular weight is 420 g/mol. The van der Waals surface area contributed by atoms with Crippen molar-refractivity contribution in [3.8, 4) is 0 Å². The molecule has 9 heteroatoms. The molecule has 8 nitrogen and oxygen atoms in total. The third kappa shape index (κ3) is 4.92. The summed E-state index contributed by atoms with van der Waals surface area (Å²) in [6.45, 7) is 8.76. The van der Waals surface area contributed by atoms with Crippen LogP contribution in [0.2, 0.25) is 0 Å². The summed E-state index contributed by atoms with van der Waals surface area (Å²) in [5.74, 6) is -0.531. The summed E-state index contributed by atoms with van der Waals surface area (Å²) in [4.78, 5) is 23.5. The van der Waals surface area contributed by atoms with E-state index in [0.717, 1.165) is 27.3 Å². The molecule has 0 spiro atoms. The first-order valence-electron chi connectivity index (χ1n) is 8.96. The minimum atomic E-state index is -3.90. The number of amides is 1. The molecule has 0 saturated heterocycles. The summed E-state index contributed by atoms with van der Waals surface area (Å²) in [5, 5.41) is 13.9. The molecule has 1 N–H and O–H groups in total. The maximum Gasteiger partial charge on any atom is 0.271 e. The van der Waals surface area contributed by atoms with E-state index in [-0.39, 0.29) is 11.4 Å². The SMILES string of the molecule is Cc1cc(C)c(NC(=O)C(C)N(c2cc([N+](=O)[O-])ccc2C)S(C)(=O)=O)c(C)c1. The zero-order valence-corrected chi connectivity index (χ0v) is 18.1. The van der Waals surface area contributed by atoms with Crippen LogP contribution in [0.3, 0.4) is 0 Å². The highest BCUT2D eigenvalue weighted by molar-refractivity contribution is 7.92. The standard InChI is InChI=1S/C20H25N3O5S/c1-12-9-14(3)19(15(4)10-12)21-20(24)16(5)22(29(6,27)28)18-11-17(23(25)26)8-7-13(18)2/h7-11,16H,1-6H3,(H,21,24). The van der Waals surface area contributed by atoms with Gasteiger partial charge in [0.05, 0.1) is 16.9 Å². The van der Waals surface area contributed by atoms with Crippen LogP contribution in [0.1, 0.15) is 29.2 Å². The van der Waals surface area contributed by atoms with Gasteiger partial charge in [-0.25, -0.2) is 8.42 Å². The van der Waals surface area contributed by atoms with Gasteiger partial charge in [0.1, 0.15) is 6.04 Å². The van der Waals surface area contributed by atoms with Crippen molar-refractivity contribution >= 4 is 33.0 Å². The van der Waals surface area contributed by atoms with Crippen LogP contribution in [0, 0.1) is 37.8 Å². The second-order valence-corrected chi connectivity index (χ2v) is 9.09. The van der Waals surface area contributed by atoms with Crippen LogP contribution in [-0.2, 0) is 14.8 Å². The zero-order chi connectivity index (χ0) is 22.1. The number of rotatable bonds is 6. The number of benzene rings is 2. The molecule has 0 aliphatic heterocycles. The fourth-order valence-electron chi connectivity index (χ4n) is 3.33. The molecule has 1 atom stereocenters. The number of carbonyl (C=O) groups excluding carboxylic acids is 1. The highest BCUT2D eigenvalue weighted by Crippen LogP contribution is 2.30. The molecule has 1 unspecified atom stereocenters. The normalized spacial score (nSPS) is 12.3. The third-order valence-electron chi connectivity index (χ3n) is 4.65. The smallest absolute Gasteiger partial charge is 0.271 e. The summed E-state index contributed by atoms with van der Waals surface area (Å²) in [7, 11) is -3.90. The Bertz CT molecular complexity index is 1060. The minimum absolute atomic E-state index is 0.0988. The fraction of sp³-hybridized carbons (Fsp3) is 0.350. The van der Waals surface area contributed by atoms with E-state index < -0.39 is 26.9 Å². The van der Waals surface area contributed by atoms with Gasteiger partial charge in [-0.3, -0.25) is 19.2 Å². The highest BCUT2D eigenvalue weighted by Gasteiger charge is 2.31. The summed E-state index contributed by atoms with van der Waals surface area (Å²) < 4.78 is 26.0. The van der Waals surface area contributed by atoms with E-state index in [1.165, 1.54) is 25.1 Å². The van der Waals surface area contributed by atoms with Crippen LogP contribution in [0.4, 0.5) is 17.1 Å². The molecule has 2 aromatic rings. The molecule has 0 saturated carbocycles. The first kappa shape index (κ1) is 22.4. The molecule has 0 aliphatic rings. The van der Waals surface area contributed by atoms with Crippen LogP contribution in [0.15, 0.2) is 30.3 Å². The first-order chi connectivity index (χ1) is 13.3. The van der Waals surface area contributed by atoms with Gasteiger partial charge in [0.15, 0.2) is 0 Å². The Morgan fingerprint density at radius 3 is 2.10 bits per heavy atom. The van der Waals surface area contributed by atoms with E-state index in [9.17, 15) is 23.3 Å². The van der Waals surface area contributed by atoms with Gasteiger partial charge in [0.25, 0.3) is 5.69 Å². The van der Waals surface area contributed by atoms with Crippen molar-refractivity contribution in [2.75, 3.05) is 15.9 Å². The van der Waals surface area contributed by atoms with Crippen molar-refractivity contribution in [2.45, 2.75) is 40.7 Å². The molecule has 2 rings (SSSR count). The van der Waals surface area contributed by atoms with Gasteiger partial charge in [-0.2, -0.15) is 0 Å². The van der Waals surface area contributed by atoms with Crippen molar-refractivity contribution in [3.63, 3.8) is 0 Å². The van der Waals surface area contributed by atoms with Crippen molar-refractivity contribution in [1.82, 2.24) is 0 Å². The number of carbonyl (C=O) groups is 1. The third-order valence-corrected chi connectivity index (χ3v) is 5.88. The molecular formula is C20H25N3O5S. The Hall–Kier alpha value is -2.94. The van der Waals surface area contributed by atoms with Gasteiger partial charge in [-0.1, -0.05) is 23.8 Å². The average Bonchev–Trinajstić information content (AvgIpc) is 2.58. The fourth-order valence-corrected chi connectivity index (χ4v) is 4.56. The van der Waals surface area contributed by atoms with Crippen LogP contribution < -0.4 is 9.62 Å².